The van der Waals surface area contributed by atoms with E-state index in [2.05, 4.69) is 113 Å². The summed E-state index contributed by atoms with van der Waals surface area (Å²) in [6.45, 7) is 9.29. The number of aromatic nitrogens is 1. The first kappa shape index (κ1) is 25.5. The molecule has 198 valence electrons. The molecule has 0 unspecified atom stereocenters. The van der Waals surface area contributed by atoms with Crippen LogP contribution < -0.4 is 0 Å². The zero-order valence-electron chi connectivity index (χ0n) is 23.8. The second-order valence-electron chi connectivity index (χ2n) is 12.4. The molecule has 1 nitrogen and oxygen atoms in total. The molecule has 40 heavy (non-hydrogen) atoms. The minimum atomic E-state index is 0.0517. The summed E-state index contributed by atoms with van der Waals surface area (Å²) < 4.78 is 2.97. The minimum absolute atomic E-state index is 0.0517. The second kappa shape index (κ2) is 9.88. The van der Waals surface area contributed by atoms with E-state index in [9.17, 15) is 0 Å². The van der Waals surface area contributed by atoms with Crippen molar-refractivity contribution in [1.82, 2.24) is 4.98 Å². The third-order valence-corrected chi connectivity index (χ3v) is 11.5. The fourth-order valence-corrected chi connectivity index (χ4v) is 9.19. The first-order valence-electron chi connectivity index (χ1n) is 14.5. The van der Waals surface area contributed by atoms with E-state index in [1.807, 2.05) is 6.20 Å². The molecule has 6 aromatic rings. The van der Waals surface area contributed by atoms with E-state index < -0.39 is 0 Å². The number of nitrogens with zero attached hydrogens (tertiary/aromatic N) is 1. The van der Waals surface area contributed by atoms with Crippen LogP contribution in [-0.4, -0.2) is 19.5 Å². The summed E-state index contributed by atoms with van der Waals surface area (Å²) in [4.78, 5) is 5.04. The van der Waals surface area contributed by atoms with E-state index in [0.717, 1.165) is 31.4 Å². The predicted molar refractivity (Wildman–Crippen MR) is 172 cm³/mol. The van der Waals surface area contributed by atoms with E-state index in [1.54, 1.807) is 0 Å². The molecular weight excluding hydrogens is 549 g/mol. The Kier molecular flexibility index (Phi) is 6.30. The predicted octanol–water partition coefficient (Wildman–Crippen LogP) is 9.27. The monoisotopic (exact) mass is 585 g/mol. The zero-order chi connectivity index (χ0) is 27.4. The molecule has 2 heteroatoms. The van der Waals surface area contributed by atoms with E-state index in [-0.39, 0.29) is 19.9 Å². The van der Waals surface area contributed by atoms with Gasteiger partial charge in [-0.05, 0) is 0 Å². The number of aryl methyl sites for hydroxylation is 5. The van der Waals surface area contributed by atoms with Gasteiger partial charge in [0.25, 0.3) is 0 Å². The number of hydrogen-bond acceptors (Lipinski definition) is 1. The Morgan fingerprint density at radius 1 is 0.700 bits per heavy atom. The number of pyridine rings is 1. The van der Waals surface area contributed by atoms with Crippen LogP contribution in [0.1, 0.15) is 54.2 Å². The molecule has 0 saturated carbocycles. The molecule has 4 aromatic carbocycles. The van der Waals surface area contributed by atoms with Crippen molar-refractivity contribution in [2.24, 2.45) is 0 Å². The molecule has 0 saturated heterocycles. The summed E-state index contributed by atoms with van der Waals surface area (Å²) in [7, 11) is 0. The number of hydrogen-bond donors (Lipinski definition) is 0. The molecule has 0 atom stereocenters. The molecule has 0 amide bonds. The van der Waals surface area contributed by atoms with Crippen molar-refractivity contribution in [3.63, 3.8) is 0 Å². The van der Waals surface area contributed by atoms with Crippen LogP contribution in [0, 0.1) is 6.92 Å². The van der Waals surface area contributed by atoms with Crippen LogP contribution in [0.5, 0.6) is 0 Å². The summed E-state index contributed by atoms with van der Waals surface area (Å²) in [5.74, 6) is 0. The molecule has 4 aliphatic rings. The molecule has 4 bridgehead atoms. The van der Waals surface area contributed by atoms with Gasteiger partial charge in [0.2, 0.25) is 0 Å². The van der Waals surface area contributed by atoms with E-state index in [0.29, 0.717) is 0 Å². The van der Waals surface area contributed by atoms with Gasteiger partial charge in [-0.25, -0.2) is 0 Å². The third kappa shape index (κ3) is 4.54. The number of benzene rings is 4. The van der Waals surface area contributed by atoms with Crippen molar-refractivity contribution in [3.8, 4) is 21.3 Å². The van der Waals surface area contributed by atoms with Crippen LogP contribution >= 0.6 is 0 Å². The van der Waals surface area contributed by atoms with E-state index in [1.165, 1.54) is 69.4 Å². The van der Waals surface area contributed by atoms with Gasteiger partial charge >= 0.3 is 244 Å². The summed E-state index contributed by atoms with van der Waals surface area (Å²) in [5.41, 5.74) is 12.5. The Morgan fingerprint density at radius 3 is 2.17 bits per heavy atom. The van der Waals surface area contributed by atoms with Crippen molar-refractivity contribution in [1.29, 1.82) is 0 Å². The Morgan fingerprint density at radius 2 is 1.40 bits per heavy atom. The maximum atomic E-state index is 5.04. The fraction of sp³-hybridized carbons (Fsp3) is 0.237. The zero-order valence-corrected chi connectivity index (χ0v) is 25.6. The average molecular weight is 585 g/mol. The first-order chi connectivity index (χ1) is 19.3. The van der Waals surface area contributed by atoms with Crippen LogP contribution in [0.2, 0.25) is 0 Å². The van der Waals surface area contributed by atoms with Crippen molar-refractivity contribution in [2.75, 3.05) is 0 Å². The average Bonchev–Trinajstić information content (AvgIpc) is 3.29. The SMILES string of the molecule is Cc1c(-c2cc3ccc2CCc2ccc(cc2)CC3)[se]c2c(-c3cc(C(C)(C)C)c4ccccc4c3)nccc12. The normalized spacial score (nSPS) is 13.6. The van der Waals surface area contributed by atoms with Crippen molar-refractivity contribution >= 4 is 34.9 Å². The Labute approximate surface area is 243 Å². The molecule has 0 fully saturated rings. The van der Waals surface area contributed by atoms with Gasteiger partial charge in [0, 0.05) is 0 Å². The van der Waals surface area contributed by atoms with Crippen LogP contribution in [-0.2, 0) is 31.1 Å². The van der Waals surface area contributed by atoms with Crippen molar-refractivity contribution in [2.45, 2.75) is 58.8 Å². The summed E-state index contributed by atoms with van der Waals surface area (Å²) in [5, 5.41) is 4.03. The van der Waals surface area contributed by atoms with Gasteiger partial charge in [0.1, 0.15) is 0 Å². The van der Waals surface area contributed by atoms with Crippen LogP contribution in [0.15, 0.2) is 91.1 Å². The Hall–Kier alpha value is -3.45. The van der Waals surface area contributed by atoms with E-state index >= 15 is 0 Å². The van der Waals surface area contributed by atoms with Gasteiger partial charge < -0.3 is 0 Å². The van der Waals surface area contributed by atoms with Crippen molar-refractivity contribution < 1.29 is 0 Å². The summed E-state index contributed by atoms with van der Waals surface area (Å²) in [6, 6.07) is 32.4. The molecule has 2 aromatic heterocycles. The third-order valence-electron chi connectivity index (χ3n) is 8.62. The fourth-order valence-electron chi connectivity index (χ4n) is 6.33. The summed E-state index contributed by atoms with van der Waals surface area (Å²) >= 11 is 0.196. The van der Waals surface area contributed by atoms with Gasteiger partial charge in [0.15, 0.2) is 0 Å². The van der Waals surface area contributed by atoms with Crippen LogP contribution in [0.3, 0.4) is 0 Å². The molecular formula is C38H35NSe. The van der Waals surface area contributed by atoms with Gasteiger partial charge in [-0.1, -0.05) is 0 Å². The quantitative estimate of drug-likeness (QED) is 0.185. The molecule has 4 aliphatic carbocycles. The summed E-state index contributed by atoms with van der Waals surface area (Å²) in [6.07, 6.45) is 6.35. The van der Waals surface area contributed by atoms with Gasteiger partial charge in [0.05, 0.1) is 0 Å². The van der Waals surface area contributed by atoms with Crippen molar-refractivity contribution in [3.05, 3.63) is 125 Å². The standard InChI is InChI=1S/C38H35NSe/c1-24-31-19-20-39-35(30-22-29-7-5-6-8-32(29)34(23-30)38(2,3)4)37(31)40-36(24)33-21-27-14-13-25-9-11-26(12-10-25)15-17-28(33)18-16-27/h5-12,16,18-23H,13-15,17H2,1-4H3. The van der Waals surface area contributed by atoms with Gasteiger partial charge in [-0.3, -0.25) is 0 Å². The Balaban J connectivity index is 1.40. The van der Waals surface area contributed by atoms with Crippen LogP contribution in [0.4, 0.5) is 0 Å². The molecule has 2 heterocycles. The number of rotatable bonds is 2. The van der Waals surface area contributed by atoms with Crippen LogP contribution in [0.25, 0.3) is 41.7 Å². The van der Waals surface area contributed by atoms with Gasteiger partial charge in [-0.2, -0.15) is 0 Å². The maximum absolute atomic E-state index is 5.04. The molecule has 0 radical (unpaired) electrons. The molecule has 0 spiro atoms. The second-order valence-corrected chi connectivity index (χ2v) is 14.5. The number of fused-ring (bicyclic) bond motifs is 2. The first-order valence-corrected chi connectivity index (χ1v) is 16.2. The van der Waals surface area contributed by atoms with E-state index in [4.69, 9.17) is 4.98 Å². The van der Waals surface area contributed by atoms with Gasteiger partial charge in [-0.15, -0.1) is 0 Å². The molecule has 0 N–H and O–H groups in total. The molecule has 10 rings (SSSR count). The molecule has 0 aliphatic heterocycles. The Bertz CT molecular complexity index is 1880. The topological polar surface area (TPSA) is 12.9 Å².